The third kappa shape index (κ3) is 2.24. The largest absolute Gasteiger partial charge is 0.248 e. The Bertz CT molecular complexity index is 739. The molecule has 0 bridgehead atoms. The van der Waals surface area contributed by atoms with Crippen LogP contribution in [0.25, 0.3) is 22.2 Å². The predicted molar refractivity (Wildman–Crippen MR) is 81.4 cm³/mol. The number of nitrogens with zero attached hydrogens (tertiary/aromatic N) is 1. The second-order valence-corrected chi connectivity index (χ2v) is 5.21. The fraction of sp³-hybridized carbons (Fsp3) is 0.167. The number of hydrogen-bond donors (Lipinski definition) is 0. The molecule has 0 atom stereocenters. The molecule has 94 valence electrons. The third-order valence-electron chi connectivity index (χ3n) is 3.52. The van der Waals surface area contributed by atoms with Gasteiger partial charge in [0.15, 0.2) is 0 Å². The Morgan fingerprint density at radius 3 is 2.16 bits per heavy atom. The van der Waals surface area contributed by atoms with Gasteiger partial charge in [0.05, 0.1) is 11.2 Å². The molecule has 0 N–H and O–H groups in total. The average Bonchev–Trinajstić information content (AvgIpc) is 2.40. The van der Waals surface area contributed by atoms with Crippen molar-refractivity contribution in [2.45, 2.75) is 20.8 Å². The first-order chi connectivity index (χ1) is 9.13. The van der Waals surface area contributed by atoms with Gasteiger partial charge < -0.3 is 0 Å². The number of pyridine rings is 1. The van der Waals surface area contributed by atoms with Gasteiger partial charge in [0, 0.05) is 10.9 Å². The highest BCUT2D eigenvalue weighted by molar-refractivity contribution is 5.85. The van der Waals surface area contributed by atoms with Crippen molar-refractivity contribution in [3.8, 4) is 11.3 Å². The molecule has 1 heterocycles. The lowest BCUT2D eigenvalue weighted by Crippen LogP contribution is -1.89. The summed E-state index contributed by atoms with van der Waals surface area (Å²) >= 11 is 0. The minimum Gasteiger partial charge on any atom is -0.248 e. The minimum atomic E-state index is 1.05. The smallest absolute Gasteiger partial charge is 0.0712 e. The maximum Gasteiger partial charge on any atom is 0.0712 e. The van der Waals surface area contributed by atoms with E-state index in [-0.39, 0.29) is 0 Å². The van der Waals surface area contributed by atoms with Crippen LogP contribution in [0.2, 0.25) is 0 Å². The van der Waals surface area contributed by atoms with Crippen molar-refractivity contribution < 1.29 is 0 Å². The van der Waals surface area contributed by atoms with Crippen LogP contribution < -0.4 is 0 Å². The molecule has 3 aromatic rings. The van der Waals surface area contributed by atoms with Gasteiger partial charge in [-0.25, -0.2) is 4.98 Å². The first-order valence-corrected chi connectivity index (χ1v) is 6.58. The van der Waals surface area contributed by atoms with E-state index in [0.717, 1.165) is 11.2 Å². The Balaban J connectivity index is 2.20. The van der Waals surface area contributed by atoms with Gasteiger partial charge in [-0.2, -0.15) is 0 Å². The molecule has 3 rings (SSSR count). The van der Waals surface area contributed by atoms with Crippen LogP contribution in [0, 0.1) is 20.8 Å². The number of aromatic nitrogens is 1. The van der Waals surface area contributed by atoms with Gasteiger partial charge >= 0.3 is 0 Å². The van der Waals surface area contributed by atoms with E-state index < -0.39 is 0 Å². The molecule has 0 saturated carbocycles. The lowest BCUT2D eigenvalue weighted by molar-refractivity contribution is 1.34. The quantitative estimate of drug-likeness (QED) is 0.600. The number of aryl methyl sites for hydroxylation is 3. The second-order valence-electron chi connectivity index (χ2n) is 5.21. The van der Waals surface area contributed by atoms with Crippen LogP contribution in [0.4, 0.5) is 0 Å². The molecule has 0 aliphatic heterocycles. The second kappa shape index (κ2) is 4.51. The zero-order chi connectivity index (χ0) is 13.4. The van der Waals surface area contributed by atoms with Crippen LogP contribution in [-0.4, -0.2) is 4.98 Å². The summed E-state index contributed by atoms with van der Waals surface area (Å²) in [7, 11) is 0. The lowest BCUT2D eigenvalue weighted by atomic mass is 10.0. The summed E-state index contributed by atoms with van der Waals surface area (Å²) in [4.78, 5) is 4.78. The molecule has 1 heteroatoms. The molecule has 1 aromatic heterocycles. The summed E-state index contributed by atoms with van der Waals surface area (Å²) in [5.41, 5.74) is 7.13. The summed E-state index contributed by atoms with van der Waals surface area (Å²) in [6.07, 6.45) is 0. The molecule has 0 unspecified atom stereocenters. The van der Waals surface area contributed by atoms with Crippen LogP contribution in [0.5, 0.6) is 0 Å². The summed E-state index contributed by atoms with van der Waals surface area (Å²) in [6, 6.07) is 17.1. The van der Waals surface area contributed by atoms with E-state index in [9.17, 15) is 0 Å². The molecule has 0 aliphatic rings. The standard InChI is InChI=1S/C18H17N/c1-12-4-7-15(8-5-12)18-11-14(3)16-10-13(2)6-9-17(16)19-18/h4-11H,1-3H3. The van der Waals surface area contributed by atoms with E-state index in [4.69, 9.17) is 4.98 Å². The Kier molecular flexibility index (Phi) is 2.83. The molecule has 0 amide bonds. The molecule has 0 aliphatic carbocycles. The van der Waals surface area contributed by atoms with Crippen LogP contribution in [0.1, 0.15) is 16.7 Å². The zero-order valence-corrected chi connectivity index (χ0v) is 11.6. The monoisotopic (exact) mass is 247 g/mol. The molecule has 19 heavy (non-hydrogen) atoms. The van der Waals surface area contributed by atoms with E-state index in [1.54, 1.807) is 0 Å². The fourth-order valence-electron chi connectivity index (χ4n) is 2.38. The summed E-state index contributed by atoms with van der Waals surface area (Å²) in [6.45, 7) is 6.37. The van der Waals surface area contributed by atoms with Crippen molar-refractivity contribution in [3.63, 3.8) is 0 Å². The first-order valence-electron chi connectivity index (χ1n) is 6.58. The highest BCUT2D eigenvalue weighted by Gasteiger charge is 2.05. The topological polar surface area (TPSA) is 12.9 Å². The van der Waals surface area contributed by atoms with E-state index in [0.29, 0.717) is 0 Å². The highest BCUT2D eigenvalue weighted by Crippen LogP contribution is 2.25. The maximum atomic E-state index is 4.78. The number of hydrogen-bond acceptors (Lipinski definition) is 1. The van der Waals surface area contributed by atoms with E-state index in [1.165, 1.54) is 27.6 Å². The van der Waals surface area contributed by atoms with Crippen molar-refractivity contribution in [2.75, 3.05) is 0 Å². The summed E-state index contributed by atoms with van der Waals surface area (Å²) in [5.74, 6) is 0. The van der Waals surface area contributed by atoms with Crippen molar-refractivity contribution in [2.24, 2.45) is 0 Å². The molecular weight excluding hydrogens is 230 g/mol. The van der Waals surface area contributed by atoms with Crippen LogP contribution in [-0.2, 0) is 0 Å². The maximum absolute atomic E-state index is 4.78. The van der Waals surface area contributed by atoms with E-state index >= 15 is 0 Å². The Labute approximate surface area is 113 Å². The van der Waals surface area contributed by atoms with Crippen molar-refractivity contribution in [3.05, 3.63) is 65.2 Å². The Hall–Kier alpha value is -2.15. The Morgan fingerprint density at radius 1 is 0.737 bits per heavy atom. The number of rotatable bonds is 1. The van der Waals surface area contributed by atoms with E-state index in [2.05, 4.69) is 69.3 Å². The molecule has 0 saturated heterocycles. The Morgan fingerprint density at radius 2 is 1.42 bits per heavy atom. The van der Waals surface area contributed by atoms with Crippen molar-refractivity contribution >= 4 is 10.9 Å². The molecule has 0 spiro atoms. The normalized spacial score (nSPS) is 10.9. The summed E-state index contributed by atoms with van der Waals surface area (Å²) < 4.78 is 0. The van der Waals surface area contributed by atoms with Crippen molar-refractivity contribution in [1.82, 2.24) is 4.98 Å². The van der Waals surface area contributed by atoms with Gasteiger partial charge in [0.25, 0.3) is 0 Å². The van der Waals surface area contributed by atoms with E-state index in [1.807, 2.05) is 0 Å². The molecule has 2 aromatic carbocycles. The summed E-state index contributed by atoms with van der Waals surface area (Å²) in [5, 5.41) is 1.25. The molecule has 0 radical (unpaired) electrons. The molecular formula is C18H17N. The van der Waals surface area contributed by atoms with Crippen molar-refractivity contribution in [1.29, 1.82) is 0 Å². The predicted octanol–water partition coefficient (Wildman–Crippen LogP) is 4.83. The van der Waals surface area contributed by atoms with Gasteiger partial charge in [0.2, 0.25) is 0 Å². The van der Waals surface area contributed by atoms with Gasteiger partial charge in [0.1, 0.15) is 0 Å². The molecule has 0 fully saturated rings. The average molecular weight is 247 g/mol. The minimum absolute atomic E-state index is 1.05. The lowest BCUT2D eigenvalue weighted by Gasteiger charge is -2.08. The number of benzene rings is 2. The van der Waals surface area contributed by atoms with Crippen LogP contribution in [0.15, 0.2) is 48.5 Å². The molecule has 1 nitrogen and oxygen atoms in total. The van der Waals surface area contributed by atoms with Gasteiger partial charge in [-0.05, 0) is 44.5 Å². The van der Waals surface area contributed by atoms with Crippen LogP contribution in [0.3, 0.4) is 0 Å². The highest BCUT2D eigenvalue weighted by atomic mass is 14.7. The number of fused-ring (bicyclic) bond motifs is 1. The fourth-order valence-corrected chi connectivity index (χ4v) is 2.38. The van der Waals surface area contributed by atoms with Gasteiger partial charge in [-0.3, -0.25) is 0 Å². The SMILES string of the molecule is Cc1ccc(-c2cc(C)c3cc(C)ccc3n2)cc1. The van der Waals surface area contributed by atoms with Gasteiger partial charge in [-0.1, -0.05) is 41.5 Å². The first kappa shape index (κ1) is 11.9. The third-order valence-corrected chi connectivity index (χ3v) is 3.52. The van der Waals surface area contributed by atoms with Crippen LogP contribution >= 0.6 is 0 Å². The zero-order valence-electron chi connectivity index (χ0n) is 11.6. The van der Waals surface area contributed by atoms with Gasteiger partial charge in [-0.15, -0.1) is 0 Å².